The van der Waals surface area contributed by atoms with E-state index in [1.807, 2.05) is 12.1 Å². The highest BCUT2D eigenvalue weighted by Crippen LogP contribution is 2.29. The minimum absolute atomic E-state index is 0.626. The summed E-state index contributed by atoms with van der Waals surface area (Å²) in [5, 5.41) is 0. The molecule has 0 atom stereocenters. The van der Waals surface area contributed by atoms with Gasteiger partial charge in [0.1, 0.15) is 18.1 Å². The smallest absolute Gasteiger partial charge is 0.126 e. The van der Waals surface area contributed by atoms with Gasteiger partial charge in [-0.05, 0) is 50.8 Å². The first-order valence-corrected chi connectivity index (χ1v) is 7.89. The summed E-state index contributed by atoms with van der Waals surface area (Å²) in [6.07, 6.45) is 8.88. The molecule has 0 aromatic heterocycles. The Balaban J connectivity index is 1.76. The number of ether oxygens (including phenoxy) is 2. The number of fused-ring (bicyclic) bond motifs is 1. The van der Waals surface area contributed by atoms with E-state index < -0.39 is 0 Å². The van der Waals surface area contributed by atoms with Crippen LogP contribution in [0, 0.1) is 0 Å². The summed E-state index contributed by atoms with van der Waals surface area (Å²) >= 11 is 0. The number of rotatable bonds is 7. The normalized spacial score (nSPS) is 14.8. The average molecular weight is 286 g/mol. The second kappa shape index (κ2) is 7.92. The Morgan fingerprint density at radius 3 is 2.90 bits per heavy atom. The Morgan fingerprint density at radius 2 is 2.10 bits per heavy atom. The lowest BCUT2D eigenvalue weighted by atomic mass is 10.1. The largest absolute Gasteiger partial charge is 0.493 e. The van der Waals surface area contributed by atoms with Crippen LogP contribution in [-0.4, -0.2) is 13.2 Å². The number of hydrogen-bond donors (Lipinski definition) is 0. The van der Waals surface area contributed by atoms with Gasteiger partial charge in [-0.1, -0.05) is 30.2 Å². The molecule has 0 bridgehead atoms. The molecule has 0 radical (unpaired) electrons. The molecule has 0 saturated carbocycles. The van der Waals surface area contributed by atoms with Gasteiger partial charge in [-0.3, -0.25) is 0 Å². The maximum atomic E-state index is 5.78. The summed E-state index contributed by atoms with van der Waals surface area (Å²) in [5.41, 5.74) is 4.14. The lowest BCUT2D eigenvalue weighted by Crippen LogP contribution is -1.95. The Bertz CT molecular complexity index is 526. The fourth-order valence-electron chi connectivity index (χ4n) is 2.31. The molecule has 0 N–H and O–H groups in total. The Hall–Kier alpha value is -1.70. The van der Waals surface area contributed by atoms with Crippen LogP contribution in [0.15, 0.2) is 41.5 Å². The van der Waals surface area contributed by atoms with E-state index >= 15 is 0 Å². The van der Waals surface area contributed by atoms with E-state index in [-0.39, 0.29) is 0 Å². The minimum Gasteiger partial charge on any atom is -0.493 e. The van der Waals surface area contributed by atoms with Crippen LogP contribution in [0.25, 0.3) is 0 Å². The van der Waals surface area contributed by atoms with Crippen molar-refractivity contribution in [3.63, 3.8) is 0 Å². The van der Waals surface area contributed by atoms with Crippen molar-refractivity contribution in [2.75, 3.05) is 13.2 Å². The molecule has 114 valence electrons. The van der Waals surface area contributed by atoms with Crippen molar-refractivity contribution in [3.05, 3.63) is 47.1 Å². The molecule has 1 heterocycles. The molecule has 1 aromatic rings. The van der Waals surface area contributed by atoms with Crippen LogP contribution in [0.4, 0.5) is 0 Å². The van der Waals surface area contributed by atoms with Crippen LogP contribution in [0.2, 0.25) is 0 Å². The van der Waals surface area contributed by atoms with Crippen molar-refractivity contribution < 1.29 is 9.47 Å². The highest BCUT2D eigenvalue weighted by atomic mass is 16.5. The number of allylic oxidation sites excluding steroid dienone is 3. The lowest BCUT2D eigenvalue weighted by Gasteiger charge is -2.06. The topological polar surface area (TPSA) is 18.5 Å². The second-order valence-electron chi connectivity index (χ2n) is 5.67. The van der Waals surface area contributed by atoms with Crippen LogP contribution >= 0.6 is 0 Å². The third-order valence-corrected chi connectivity index (χ3v) is 3.94. The zero-order chi connectivity index (χ0) is 15.1. The maximum Gasteiger partial charge on any atom is 0.126 e. The molecule has 2 rings (SSSR count). The minimum atomic E-state index is 0.626. The van der Waals surface area contributed by atoms with Crippen molar-refractivity contribution >= 4 is 0 Å². The predicted molar refractivity (Wildman–Crippen MR) is 88.2 cm³/mol. The summed E-state index contributed by atoms with van der Waals surface area (Å²) in [5.74, 6) is 1.87. The molecule has 0 amide bonds. The summed E-state index contributed by atoms with van der Waals surface area (Å²) in [6, 6.07) is 6.13. The standard InChI is InChI=1S/C19H26O2/c1-4-15(2)6-5-7-16(3)10-12-20-18-9-8-17-11-13-21-19(17)14-18/h6,8-10,14H,4-5,7,11-13H2,1-3H3. The van der Waals surface area contributed by atoms with E-state index in [1.54, 1.807) is 0 Å². The van der Waals surface area contributed by atoms with Gasteiger partial charge >= 0.3 is 0 Å². The number of benzene rings is 1. The third-order valence-electron chi connectivity index (χ3n) is 3.94. The first kappa shape index (κ1) is 15.7. The predicted octanol–water partition coefficient (Wildman–Crippen LogP) is 5.08. The van der Waals surface area contributed by atoms with Crippen molar-refractivity contribution in [3.8, 4) is 11.5 Å². The zero-order valence-electron chi connectivity index (χ0n) is 13.4. The van der Waals surface area contributed by atoms with E-state index in [4.69, 9.17) is 9.47 Å². The first-order valence-electron chi connectivity index (χ1n) is 7.89. The second-order valence-corrected chi connectivity index (χ2v) is 5.67. The van der Waals surface area contributed by atoms with Crippen molar-refractivity contribution in [1.29, 1.82) is 0 Å². The molecule has 0 spiro atoms. The highest BCUT2D eigenvalue weighted by molar-refractivity contribution is 5.42. The van der Waals surface area contributed by atoms with Gasteiger partial charge in [0.2, 0.25) is 0 Å². The molecule has 2 nitrogen and oxygen atoms in total. The summed E-state index contributed by atoms with van der Waals surface area (Å²) in [4.78, 5) is 0. The molecule has 1 aliphatic rings. The van der Waals surface area contributed by atoms with Gasteiger partial charge in [0.05, 0.1) is 6.61 Å². The Kier molecular flexibility index (Phi) is 5.91. The average Bonchev–Trinajstić information content (AvgIpc) is 2.94. The molecule has 1 aliphatic heterocycles. The maximum absolute atomic E-state index is 5.78. The van der Waals surface area contributed by atoms with Gasteiger partial charge in [0.25, 0.3) is 0 Å². The zero-order valence-corrected chi connectivity index (χ0v) is 13.4. The molecular weight excluding hydrogens is 260 g/mol. The quantitative estimate of drug-likeness (QED) is 0.650. The van der Waals surface area contributed by atoms with Crippen LogP contribution in [-0.2, 0) is 6.42 Å². The van der Waals surface area contributed by atoms with Gasteiger partial charge in [-0.25, -0.2) is 0 Å². The van der Waals surface area contributed by atoms with E-state index in [0.29, 0.717) is 6.61 Å². The van der Waals surface area contributed by atoms with Gasteiger partial charge in [0, 0.05) is 12.5 Å². The summed E-state index contributed by atoms with van der Waals surface area (Å²) < 4.78 is 11.3. The van der Waals surface area contributed by atoms with Crippen molar-refractivity contribution in [2.24, 2.45) is 0 Å². The Labute approximate surface area is 128 Å². The SMILES string of the molecule is CCC(C)=CCCC(C)=CCOc1ccc2c(c1)OCC2. The molecule has 1 aromatic carbocycles. The first-order chi connectivity index (χ1) is 10.2. The molecule has 2 heteroatoms. The highest BCUT2D eigenvalue weighted by Gasteiger charge is 2.12. The lowest BCUT2D eigenvalue weighted by molar-refractivity contribution is 0.343. The van der Waals surface area contributed by atoms with Gasteiger partial charge in [0.15, 0.2) is 0 Å². The molecule has 0 fully saturated rings. The monoisotopic (exact) mass is 286 g/mol. The molecular formula is C19H26O2. The van der Waals surface area contributed by atoms with Crippen molar-refractivity contribution in [2.45, 2.75) is 46.5 Å². The van der Waals surface area contributed by atoms with Crippen LogP contribution < -0.4 is 9.47 Å². The van der Waals surface area contributed by atoms with Gasteiger partial charge < -0.3 is 9.47 Å². The summed E-state index contributed by atoms with van der Waals surface area (Å²) in [6.45, 7) is 7.98. The third kappa shape index (κ3) is 4.96. The molecule has 0 unspecified atom stereocenters. The van der Waals surface area contributed by atoms with Crippen LogP contribution in [0.3, 0.4) is 0 Å². The molecule has 0 aliphatic carbocycles. The Morgan fingerprint density at radius 1 is 1.24 bits per heavy atom. The van der Waals surface area contributed by atoms with Crippen molar-refractivity contribution in [1.82, 2.24) is 0 Å². The van der Waals surface area contributed by atoms with E-state index in [0.717, 1.165) is 43.8 Å². The van der Waals surface area contributed by atoms with Crippen LogP contribution in [0.1, 0.15) is 45.6 Å². The fourth-order valence-corrected chi connectivity index (χ4v) is 2.31. The number of hydrogen-bond acceptors (Lipinski definition) is 2. The van der Waals surface area contributed by atoms with Crippen LogP contribution in [0.5, 0.6) is 11.5 Å². The molecule has 21 heavy (non-hydrogen) atoms. The van der Waals surface area contributed by atoms with E-state index in [9.17, 15) is 0 Å². The molecule has 0 saturated heterocycles. The fraction of sp³-hybridized carbons (Fsp3) is 0.474. The van der Waals surface area contributed by atoms with Gasteiger partial charge in [-0.2, -0.15) is 0 Å². The summed E-state index contributed by atoms with van der Waals surface area (Å²) in [7, 11) is 0. The van der Waals surface area contributed by atoms with E-state index in [2.05, 4.69) is 39.0 Å². The van der Waals surface area contributed by atoms with E-state index in [1.165, 1.54) is 16.7 Å². The van der Waals surface area contributed by atoms with Gasteiger partial charge in [-0.15, -0.1) is 0 Å².